The molecule has 1 atom stereocenters. The van der Waals surface area contributed by atoms with E-state index in [1.807, 2.05) is 91.9 Å². The van der Waals surface area contributed by atoms with Gasteiger partial charge in [-0.25, -0.2) is 8.42 Å². The second-order valence-corrected chi connectivity index (χ2v) is 13.1. The number of para-hydroxylation sites is 1. The van der Waals surface area contributed by atoms with E-state index in [1.165, 1.54) is 4.90 Å². The van der Waals surface area contributed by atoms with Gasteiger partial charge in [0.2, 0.25) is 21.8 Å². The van der Waals surface area contributed by atoms with Gasteiger partial charge in [0.15, 0.2) is 0 Å². The lowest BCUT2D eigenvalue weighted by Crippen LogP contribution is -2.53. The number of sulfonamides is 1. The number of amides is 2. The highest BCUT2D eigenvalue weighted by molar-refractivity contribution is 9.10. The van der Waals surface area contributed by atoms with Crippen LogP contribution in [0.3, 0.4) is 0 Å². The summed E-state index contributed by atoms with van der Waals surface area (Å²) in [6.45, 7) is 2.04. The van der Waals surface area contributed by atoms with Crippen LogP contribution >= 0.6 is 15.9 Å². The van der Waals surface area contributed by atoms with Gasteiger partial charge in [-0.15, -0.1) is 0 Å². The second kappa shape index (κ2) is 15.5. The summed E-state index contributed by atoms with van der Waals surface area (Å²) in [5.74, 6) is 0.363. The molecule has 8 nitrogen and oxygen atoms in total. The summed E-state index contributed by atoms with van der Waals surface area (Å²) in [5.41, 5.74) is 1.99. The molecule has 0 spiro atoms. The van der Waals surface area contributed by atoms with Gasteiger partial charge in [0.1, 0.15) is 24.1 Å². The van der Waals surface area contributed by atoms with Crippen LogP contribution in [0.5, 0.6) is 11.5 Å². The standard InChI is InChI=1S/C34H36BrN3O5S/c1-3-22-36-34(40)32(23-26-10-6-4-7-11-26)37(24-27-14-16-28(35)17-15-27)33(39)25-38(44(2,41)42)29-18-20-31(21-19-29)43-30-12-8-5-9-13-30/h4-21,32H,3,22-25H2,1-2H3,(H,36,40). The minimum atomic E-state index is -3.88. The Morgan fingerprint density at radius 1 is 0.818 bits per heavy atom. The number of carbonyl (C=O) groups is 2. The largest absolute Gasteiger partial charge is 0.457 e. The van der Waals surface area contributed by atoms with Crippen LogP contribution in [0.1, 0.15) is 24.5 Å². The Kier molecular flexibility index (Phi) is 11.6. The number of anilines is 1. The van der Waals surface area contributed by atoms with Gasteiger partial charge < -0.3 is 15.0 Å². The van der Waals surface area contributed by atoms with Gasteiger partial charge in [-0.05, 0) is 66.1 Å². The summed E-state index contributed by atoms with van der Waals surface area (Å²) in [7, 11) is -3.88. The highest BCUT2D eigenvalue weighted by Gasteiger charge is 2.33. The number of carbonyl (C=O) groups excluding carboxylic acids is 2. The van der Waals surface area contributed by atoms with Gasteiger partial charge in [-0.3, -0.25) is 13.9 Å². The molecule has 4 aromatic rings. The minimum Gasteiger partial charge on any atom is -0.457 e. The molecule has 0 aliphatic heterocycles. The lowest BCUT2D eigenvalue weighted by Gasteiger charge is -2.33. The molecule has 10 heteroatoms. The van der Waals surface area contributed by atoms with Crippen LogP contribution < -0.4 is 14.4 Å². The van der Waals surface area contributed by atoms with E-state index in [9.17, 15) is 18.0 Å². The third-order valence-corrected chi connectivity index (χ3v) is 8.54. The maximum atomic E-state index is 14.2. The van der Waals surface area contributed by atoms with Crippen molar-refractivity contribution in [1.82, 2.24) is 10.2 Å². The smallest absolute Gasteiger partial charge is 0.244 e. The topological polar surface area (TPSA) is 96.0 Å². The average Bonchev–Trinajstić information content (AvgIpc) is 3.02. The second-order valence-electron chi connectivity index (χ2n) is 10.3. The Hall–Kier alpha value is -4.15. The van der Waals surface area contributed by atoms with Crippen LogP contribution in [0.25, 0.3) is 0 Å². The Balaban J connectivity index is 1.66. The monoisotopic (exact) mass is 677 g/mol. The number of ether oxygens (including phenoxy) is 1. The van der Waals surface area contributed by atoms with E-state index in [0.717, 1.165) is 32.6 Å². The van der Waals surface area contributed by atoms with E-state index in [4.69, 9.17) is 4.74 Å². The number of rotatable bonds is 14. The first-order chi connectivity index (χ1) is 21.1. The zero-order valence-corrected chi connectivity index (χ0v) is 27.1. The number of hydrogen-bond acceptors (Lipinski definition) is 5. The molecule has 0 bridgehead atoms. The van der Waals surface area contributed by atoms with Gasteiger partial charge in [0.05, 0.1) is 11.9 Å². The SMILES string of the molecule is CCCNC(=O)C(Cc1ccccc1)N(Cc1ccc(Br)cc1)C(=O)CN(c1ccc(Oc2ccccc2)cc1)S(C)(=O)=O. The van der Waals surface area contributed by atoms with Crippen LogP contribution in [0.2, 0.25) is 0 Å². The normalized spacial score (nSPS) is 11.8. The Labute approximate surface area is 267 Å². The maximum Gasteiger partial charge on any atom is 0.244 e. The third kappa shape index (κ3) is 9.42. The molecule has 1 unspecified atom stereocenters. The Morgan fingerprint density at radius 2 is 1.41 bits per heavy atom. The van der Waals surface area contributed by atoms with Crippen molar-refractivity contribution >= 4 is 43.5 Å². The van der Waals surface area contributed by atoms with Crippen molar-refractivity contribution in [1.29, 1.82) is 0 Å². The molecule has 4 aromatic carbocycles. The average molecular weight is 679 g/mol. The van der Waals surface area contributed by atoms with E-state index >= 15 is 0 Å². The van der Waals surface area contributed by atoms with Crippen LogP contribution in [-0.4, -0.2) is 50.5 Å². The van der Waals surface area contributed by atoms with Crippen LogP contribution in [-0.2, 0) is 32.6 Å². The van der Waals surface area contributed by atoms with Crippen LogP contribution in [0.4, 0.5) is 5.69 Å². The van der Waals surface area contributed by atoms with Crippen molar-refractivity contribution in [2.45, 2.75) is 32.4 Å². The molecule has 0 aliphatic rings. The van der Waals surface area contributed by atoms with E-state index in [2.05, 4.69) is 21.2 Å². The van der Waals surface area contributed by atoms with E-state index in [0.29, 0.717) is 23.7 Å². The van der Waals surface area contributed by atoms with Gasteiger partial charge in [0, 0.05) is 24.0 Å². The fourth-order valence-electron chi connectivity index (χ4n) is 4.63. The van der Waals surface area contributed by atoms with Crippen molar-refractivity contribution in [3.63, 3.8) is 0 Å². The van der Waals surface area contributed by atoms with Gasteiger partial charge >= 0.3 is 0 Å². The molecule has 0 saturated heterocycles. The van der Waals surface area contributed by atoms with Gasteiger partial charge in [-0.2, -0.15) is 0 Å². The summed E-state index contributed by atoms with van der Waals surface area (Å²) >= 11 is 3.44. The predicted molar refractivity (Wildman–Crippen MR) is 177 cm³/mol. The fraction of sp³-hybridized carbons (Fsp3) is 0.235. The van der Waals surface area contributed by atoms with E-state index in [-0.39, 0.29) is 18.9 Å². The fourth-order valence-corrected chi connectivity index (χ4v) is 5.74. The molecule has 0 aromatic heterocycles. The minimum absolute atomic E-state index is 0.116. The first-order valence-electron chi connectivity index (χ1n) is 14.3. The lowest BCUT2D eigenvalue weighted by molar-refractivity contribution is -0.140. The molecule has 0 radical (unpaired) electrons. The lowest BCUT2D eigenvalue weighted by atomic mass is 10.0. The number of benzene rings is 4. The highest BCUT2D eigenvalue weighted by Crippen LogP contribution is 2.26. The van der Waals surface area contributed by atoms with Crippen molar-refractivity contribution in [3.05, 3.63) is 125 Å². The number of nitrogens with zero attached hydrogens (tertiary/aromatic N) is 2. The molecule has 2 amide bonds. The summed E-state index contributed by atoms with van der Waals surface area (Å²) in [6, 6.07) is 31.8. The predicted octanol–water partition coefficient (Wildman–Crippen LogP) is 6.17. The molecule has 0 fully saturated rings. The molecule has 4 rings (SSSR count). The molecular formula is C34H36BrN3O5S. The third-order valence-electron chi connectivity index (χ3n) is 6.87. The summed E-state index contributed by atoms with van der Waals surface area (Å²) < 4.78 is 33.9. The summed E-state index contributed by atoms with van der Waals surface area (Å²) in [5, 5.41) is 2.94. The maximum absolute atomic E-state index is 14.2. The molecule has 0 heterocycles. The quantitative estimate of drug-likeness (QED) is 0.172. The number of halogens is 1. The number of hydrogen-bond donors (Lipinski definition) is 1. The first kappa shape index (κ1) is 32.8. The Morgan fingerprint density at radius 3 is 2.00 bits per heavy atom. The molecule has 44 heavy (non-hydrogen) atoms. The van der Waals surface area contributed by atoms with Crippen molar-refractivity contribution < 1.29 is 22.7 Å². The zero-order chi connectivity index (χ0) is 31.5. The van der Waals surface area contributed by atoms with Crippen molar-refractivity contribution in [2.75, 3.05) is 23.7 Å². The molecule has 0 aliphatic carbocycles. The molecular weight excluding hydrogens is 642 g/mol. The highest BCUT2D eigenvalue weighted by atomic mass is 79.9. The van der Waals surface area contributed by atoms with E-state index in [1.54, 1.807) is 24.3 Å². The van der Waals surface area contributed by atoms with Crippen LogP contribution in [0.15, 0.2) is 114 Å². The van der Waals surface area contributed by atoms with Gasteiger partial charge in [0.25, 0.3) is 0 Å². The van der Waals surface area contributed by atoms with E-state index < -0.39 is 28.5 Å². The summed E-state index contributed by atoms with van der Waals surface area (Å²) in [6.07, 6.45) is 2.06. The molecule has 230 valence electrons. The van der Waals surface area contributed by atoms with Gasteiger partial charge in [-0.1, -0.05) is 83.5 Å². The first-order valence-corrected chi connectivity index (χ1v) is 16.9. The van der Waals surface area contributed by atoms with Crippen molar-refractivity contribution in [3.8, 4) is 11.5 Å². The van der Waals surface area contributed by atoms with Crippen molar-refractivity contribution in [2.24, 2.45) is 0 Å². The number of nitrogens with one attached hydrogen (secondary N) is 1. The Bertz CT molecular complexity index is 1620. The molecule has 0 saturated carbocycles. The zero-order valence-electron chi connectivity index (χ0n) is 24.7. The summed E-state index contributed by atoms with van der Waals surface area (Å²) in [4.78, 5) is 29.2. The van der Waals surface area contributed by atoms with Crippen LogP contribution in [0, 0.1) is 0 Å². The molecule has 1 N–H and O–H groups in total.